The molecule has 0 aromatic heterocycles. The monoisotopic (exact) mass is 350 g/mol. The van der Waals surface area contributed by atoms with Crippen molar-refractivity contribution in [3.63, 3.8) is 0 Å². The van der Waals surface area contributed by atoms with Crippen LogP contribution in [0.2, 0.25) is 0 Å². The second-order valence-corrected chi connectivity index (χ2v) is 8.79. The number of aliphatic hydroxyl groups excluding tert-OH is 2. The van der Waals surface area contributed by atoms with E-state index in [1.165, 1.54) is 25.7 Å². The lowest BCUT2D eigenvalue weighted by Gasteiger charge is -2.57. The molecule has 3 saturated carbocycles. The number of allylic oxidation sites excluding steroid dienone is 1. The normalized spacial score (nSPS) is 47.7. The van der Waals surface area contributed by atoms with E-state index in [4.69, 9.17) is 0 Å². The zero-order chi connectivity index (χ0) is 18.8. The quantitative estimate of drug-likeness (QED) is 0.548. The summed E-state index contributed by atoms with van der Waals surface area (Å²) in [6.45, 7) is 12.8. The standard InChI is InChI=1S/C19H30O2.2C2H6/c1-18-9-7-13(20)11-12(18)3-4-14-15-5-6-17(21)19(15,2)10-8-16(14)18;2*1-2/h3,13-17,20-21H,4-11H2,1-2H3;2*1-2H3. The lowest BCUT2D eigenvalue weighted by atomic mass is 9.48. The van der Waals surface area contributed by atoms with Crippen LogP contribution in [-0.4, -0.2) is 22.4 Å². The fourth-order valence-electron chi connectivity index (χ4n) is 6.61. The SMILES string of the molecule is CC.CC.CC12CCC(O)CC1=CCC1C2CCC2(C)C(O)CCC12. The molecular formula is C23H42O2. The van der Waals surface area contributed by atoms with Crippen molar-refractivity contribution >= 4 is 0 Å². The molecule has 0 aromatic rings. The molecule has 7 atom stereocenters. The highest BCUT2D eigenvalue weighted by atomic mass is 16.3. The predicted molar refractivity (Wildman–Crippen MR) is 106 cm³/mol. The zero-order valence-corrected chi connectivity index (χ0v) is 17.5. The first kappa shape index (κ1) is 21.0. The van der Waals surface area contributed by atoms with Crippen molar-refractivity contribution in [2.24, 2.45) is 28.6 Å². The van der Waals surface area contributed by atoms with Gasteiger partial charge in [0.15, 0.2) is 0 Å². The van der Waals surface area contributed by atoms with Crippen LogP contribution in [0.1, 0.15) is 92.9 Å². The van der Waals surface area contributed by atoms with Gasteiger partial charge in [0.1, 0.15) is 0 Å². The average Bonchev–Trinajstić information content (AvgIpc) is 2.94. The van der Waals surface area contributed by atoms with Crippen LogP contribution in [0.4, 0.5) is 0 Å². The van der Waals surface area contributed by atoms with E-state index in [0.29, 0.717) is 11.3 Å². The van der Waals surface area contributed by atoms with Gasteiger partial charge in [-0.15, -0.1) is 0 Å². The van der Waals surface area contributed by atoms with E-state index >= 15 is 0 Å². The van der Waals surface area contributed by atoms with Gasteiger partial charge in [0.05, 0.1) is 12.2 Å². The van der Waals surface area contributed by atoms with Crippen molar-refractivity contribution in [3.8, 4) is 0 Å². The topological polar surface area (TPSA) is 40.5 Å². The van der Waals surface area contributed by atoms with Crippen LogP contribution in [0.15, 0.2) is 11.6 Å². The first-order valence-electron chi connectivity index (χ1n) is 11.0. The second-order valence-electron chi connectivity index (χ2n) is 8.79. The van der Waals surface area contributed by atoms with Gasteiger partial charge in [0.2, 0.25) is 0 Å². The Kier molecular flexibility index (Phi) is 6.82. The maximum absolute atomic E-state index is 10.5. The maximum Gasteiger partial charge on any atom is 0.0596 e. The summed E-state index contributed by atoms with van der Waals surface area (Å²) in [5, 5.41) is 20.5. The van der Waals surface area contributed by atoms with E-state index in [1.807, 2.05) is 27.7 Å². The van der Waals surface area contributed by atoms with Gasteiger partial charge in [-0.1, -0.05) is 53.2 Å². The van der Waals surface area contributed by atoms with Gasteiger partial charge in [-0.25, -0.2) is 0 Å². The molecule has 0 aliphatic heterocycles. The summed E-state index contributed by atoms with van der Waals surface area (Å²) in [7, 11) is 0. The number of rotatable bonds is 0. The molecule has 0 spiro atoms. The average molecular weight is 351 g/mol. The Balaban J connectivity index is 0.000000528. The van der Waals surface area contributed by atoms with Gasteiger partial charge in [-0.3, -0.25) is 0 Å². The smallest absolute Gasteiger partial charge is 0.0596 e. The summed E-state index contributed by atoms with van der Waals surface area (Å²) in [5.74, 6) is 2.27. The molecule has 0 radical (unpaired) electrons. The Morgan fingerprint density at radius 1 is 0.880 bits per heavy atom. The fourth-order valence-corrected chi connectivity index (χ4v) is 6.61. The van der Waals surface area contributed by atoms with E-state index < -0.39 is 0 Å². The van der Waals surface area contributed by atoms with E-state index in [2.05, 4.69) is 19.9 Å². The van der Waals surface area contributed by atoms with Crippen LogP contribution < -0.4 is 0 Å². The fraction of sp³-hybridized carbons (Fsp3) is 0.913. The van der Waals surface area contributed by atoms with Gasteiger partial charge >= 0.3 is 0 Å². The predicted octanol–water partition coefficient (Wildman–Crippen LogP) is 5.72. The Morgan fingerprint density at radius 2 is 1.56 bits per heavy atom. The molecule has 0 heterocycles. The van der Waals surface area contributed by atoms with E-state index in [1.54, 1.807) is 5.57 Å². The highest BCUT2D eigenvalue weighted by Crippen LogP contribution is 2.64. The number of hydrogen-bond donors (Lipinski definition) is 2. The number of fused-ring (bicyclic) bond motifs is 5. The summed E-state index contributed by atoms with van der Waals surface area (Å²) in [4.78, 5) is 0. The van der Waals surface area contributed by atoms with Crippen molar-refractivity contribution in [2.45, 2.75) is 105 Å². The minimum Gasteiger partial charge on any atom is -0.393 e. The maximum atomic E-state index is 10.5. The third-order valence-corrected chi connectivity index (χ3v) is 8.03. The van der Waals surface area contributed by atoms with Crippen molar-refractivity contribution in [2.75, 3.05) is 0 Å². The van der Waals surface area contributed by atoms with Crippen LogP contribution >= 0.6 is 0 Å². The Bertz CT molecular complexity index is 471. The van der Waals surface area contributed by atoms with Crippen LogP contribution in [0.3, 0.4) is 0 Å². The Morgan fingerprint density at radius 3 is 2.24 bits per heavy atom. The molecule has 2 N–H and O–H groups in total. The van der Waals surface area contributed by atoms with Crippen molar-refractivity contribution in [1.29, 1.82) is 0 Å². The van der Waals surface area contributed by atoms with E-state index in [-0.39, 0.29) is 17.6 Å². The summed E-state index contributed by atoms with van der Waals surface area (Å²) < 4.78 is 0. The molecule has 0 amide bonds. The van der Waals surface area contributed by atoms with E-state index in [0.717, 1.165) is 37.5 Å². The molecule has 25 heavy (non-hydrogen) atoms. The molecular weight excluding hydrogens is 308 g/mol. The Hall–Kier alpha value is -0.340. The molecule has 2 heteroatoms. The van der Waals surface area contributed by atoms with Crippen LogP contribution in [0.5, 0.6) is 0 Å². The molecule has 4 aliphatic carbocycles. The molecule has 0 bridgehead atoms. The molecule has 4 aliphatic rings. The molecule has 0 aromatic carbocycles. The summed E-state index contributed by atoms with van der Waals surface area (Å²) in [5.41, 5.74) is 2.05. The van der Waals surface area contributed by atoms with Crippen molar-refractivity contribution in [3.05, 3.63) is 11.6 Å². The van der Waals surface area contributed by atoms with Crippen LogP contribution in [-0.2, 0) is 0 Å². The van der Waals surface area contributed by atoms with Gasteiger partial charge in [-0.05, 0) is 80.0 Å². The van der Waals surface area contributed by atoms with Gasteiger partial charge < -0.3 is 10.2 Å². The summed E-state index contributed by atoms with van der Waals surface area (Å²) in [6, 6.07) is 0. The molecule has 146 valence electrons. The Labute approximate surface area is 156 Å². The highest BCUT2D eigenvalue weighted by molar-refractivity contribution is 5.25. The minimum absolute atomic E-state index is 0.0742. The first-order valence-corrected chi connectivity index (χ1v) is 11.0. The second kappa shape index (κ2) is 8.13. The third kappa shape index (κ3) is 3.34. The molecule has 7 unspecified atom stereocenters. The van der Waals surface area contributed by atoms with Crippen LogP contribution in [0.25, 0.3) is 0 Å². The lowest BCUT2D eigenvalue weighted by Crippen LogP contribution is -2.51. The highest BCUT2D eigenvalue weighted by Gasteiger charge is 2.58. The summed E-state index contributed by atoms with van der Waals surface area (Å²) >= 11 is 0. The zero-order valence-electron chi connectivity index (χ0n) is 17.5. The van der Waals surface area contributed by atoms with Gasteiger partial charge in [0, 0.05) is 0 Å². The molecule has 3 fully saturated rings. The van der Waals surface area contributed by atoms with E-state index in [9.17, 15) is 10.2 Å². The number of hydrogen-bond acceptors (Lipinski definition) is 2. The van der Waals surface area contributed by atoms with Crippen LogP contribution in [0, 0.1) is 28.6 Å². The van der Waals surface area contributed by atoms with Gasteiger partial charge in [0.25, 0.3) is 0 Å². The minimum atomic E-state index is -0.108. The largest absolute Gasteiger partial charge is 0.393 e. The molecule has 4 rings (SSSR count). The number of aliphatic hydroxyl groups is 2. The molecule has 2 nitrogen and oxygen atoms in total. The first-order chi connectivity index (χ1) is 11.9. The van der Waals surface area contributed by atoms with Crippen molar-refractivity contribution in [1.82, 2.24) is 0 Å². The lowest BCUT2D eigenvalue weighted by molar-refractivity contribution is -0.0711. The molecule has 0 saturated heterocycles. The van der Waals surface area contributed by atoms with Crippen molar-refractivity contribution < 1.29 is 10.2 Å². The third-order valence-electron chi connectivity index (χ3n) is 8.03. The summed E-state index contributed by atoms with van der Waals surface area (Å²) in [6.07, 6.45) is 11.2. The van der Waals surface area contributed by atoms with Gasteiger partial charge in [-0.2, -0.15) is 0 Å².